The molecule has 1 rings (SSSR count). The van der Waals surface area contributed by atoms with Gasteiger partial charge in [-0.1, -0.05) is 6.92 Å². The number of nitrogens with zero attached hydrogens (tertiary/aromatic N) is 2. The summed E-state index contributed by atoms with van der Waals surface area (Å²) >= 11 is 1.92. The number of likely N-dealkylation sites (tertiary alicyclic amines) is 1. The second kappa shape index (κ2) is 8.02. The molecule has 0 spiro atoms. The number of hydrogen-bond acceptors (Lipinski definition) is 4. The van der Waals surface area contributed by atoms with Crippen LogP contribution in [0.25, 0.3) is 0 Å². The standard InChI is InChI=1S/C13H26N2O2S/c1-4-18-10-11(2)14(3)8-12(16)9-15-7-5-6-13(15)17/h11-12,16H,4-10H2,1-3H3. The Hall–Kier alpha value is -0.260. The maximum atomic E-state index is 11.5. The zero-order valence-corrected chi connectivity index (χ0v) is 12.6. The summed E-state index contributed by atoms with van der Waals surface area (Å²) in [7, 11) is 2.04. The highest BCUT2D eigenvalue weighted by atomic mass is 32.2. The van der Waals surface area contributed by atoms with Crippen LogP contribution < -0.4 is 0 Å². The second-order valence-corrected chi connectivity index (χ2v) is 6.36. The molecule has 0 radical (unpaired) electrons. The molecule has 1 aliphatic heterocycles. The molecule has 1 amide bonds. The Kier molecular flexibility index (Phi) is 7.04. The Bertz CT molecular complexity index is 263. The fraction of sp³-hybridized carbons (Fsp3) is 0.923. The fourth-order valence-corrected chi connectivity index (χ4v) is 2.97. The van der Waals surface area contributed by atoms with E-state index in [4.69, 9.17) is 0 Å². The smallest absolute Gasteiger partial charge is 0.222 e. The first-order valence-electron chi connectivity index (χ1n) is 6.78. The molecule has 1 aliphatic rings. The fourth-order valence-electron chi connectivity index (χ4n) is 2.14. The van der Waals surface area contributed by atoms with E-state index in [0.29, 0.717) is 25.6 Å². The lowest BCUT2D eigenvalue weighted by Gasteiger charge is -2.28. The summed E-state index contributed by atoms with van der Waals surface area (Å²) in [4.78, 5) is 15.4. The minimum atomic E-state index is -0.439. The topological polar surface area (TPSA) is 43.8 Å². The van der Waals surface area contributed by atoms with Gasteiger partial charge in [0.25, 0.3) is 0 Å². The predicted octanol–water partition coefficient (Wildman–Crippen LogP) is 1.04. The van der Waals surface area contributed by atoms with Gasteiger partial charge >= 0.3 is 0 Å². The monoisotopic (exact) mass is 274 g/mol. The van der Waals surface area contributed by atoms with E-state index in [2.05, 4.69) is 18.7 Å². The Balaban J connectivity index is 2.25. The van der Waals surface area contributed by atoms with Crippen molar-refractivity contribution in [1.82, 2.24) is 9.80 Å². The van der Waals surface area contributed by atoms with Crippen LogP contribution in [0.1, 0.15) is 26.7 Å². The Labute approximate surface area is 115 Å². The predicted molar refractivity (Wildman–Crippen MR) is 76.9 cm³/mol. The number of aliphatic hydroxyl groups is 1. The number of carbonyl (C=O) groups is 1. The number of likely N-dealkylation sites (N-methyl/N-ethyl adjacent to an activating group) is 1. The van der Waals surface area contributed by atoms with Gasteiger partial charge in [-0.25, -0.2) is 0 Å². The average molecular weight is 274 g/mol. The molecule has 4 nitrogen and oxygen atoms in total. The van der Waals surface area contributed by atoms with Crippen LogP contribution in [0.4, 0.5) is 0 Å². The summed E-state index contributed by atoms with van der Waals surface area (Å²) in [6, 6.07) is 0.457. The van der Waals surface area contributed by atoms with Crippen molar-refractivity contribution in [2.45, 2.75) is 38.8 Å². The molecule has 0 saturated carbocycles. The molecule has 0 aromatic rings. The Morgan fingerprint density at radius 1 is 1.56 bits per heavy atom. The van der Waals surface area contributed by atoms with Gasteiger partial charge in [0.15, 0.2) is 0 Å². The number of β-amino-alcohol motifs (C(OH)–C–C–N with tert-alkyl or cyclic N) is 1. The number of aliphatic hydroxyl groups excluding tert-OH is 1. The molecule has 106 valence electrons. The largest absolute Gasteiger partial charge is 0.390 e. The van der Waals surface area contributed by atoms with Crippen molar-refractivity contribution in [2.75, 3.05) is 38.2 Å². The third-order valence-corrected chi connectivity index (χ3v) is 4.54. The molecule has 0 aromatic heterocycles. The van der Waals surface area contributed by atoms with E-state index in [1.165, 1.54) is 0 Å². The average Bonchev–Trinajstić information content (AvgIpc) is 2.71. The lowest BCUT2D eigenvalue weighted by atomic mass is 10.2. The molecule has 1 heterocycles. The van der Waals surface area contributed by atoms with Gasteiger partial charge in [-0.3, -0.25) is 4.79 Å². The van der Waals surface area contributed by atoms with Crippen molar-refractivity contribution in [2.24, 2.45) is 0 Å². The van der Waals surface area contributed by atoms with E-state index >= 15 is 0 Å². The van der Waals surface area contributed by atoms with Crippen molar-refractivity contribution in [3.05, 3.63) is 0 Å². The number of hydrogen-bond donors (Lipinski definition) is 1. The molecule has 2 unspecified atom stereocenters. The summed E-state index contributed by atoms with van der Waals surface area (Å²) in [6.45, 7) is 6.26. The zero-order valence-electron chi connectivity index (χ0n) is 11.8. The second-order valence-electron chi connectivity index (χ2n) is 5.05. The third-order valence-electron chi connectivity index (χ3n) is 3.42. The van der Waals surface area contributed by atoms with Crippen LogP contribution >= 0.6 is 11.8 Å². The number of rotatable bonds is 8. The van der Waals surface area contributed by atoms with Crippen LogP contribution in [0.3, 0.4) is 0 Å². The number of amides is 1. The lowest BCUT2D eigenvalue weighted by Crippen LogP contribution is -2.42. The quantitative estimate of drug-likeness (QED) is 0.718. The minimum Gasteiger partial charge on any atom is -0.390 e. The van der Waals surface area contributed by atoms with E-state index in [1.54, 1.807) is 4.90 Å². The first-order chi connectivity index (χ1) is 8.54. The molecular weight excluding hydrogens is 248 g/mol. The molecule has 1 saturated heterocycles. The minimum absolute atomic E-state index is 0.186. The van der Waals surface area contributed by atoms with Crippen molar-refractivity contribution < 1.29 is 9.90 Å². The molecule has 0 aliphatic carbocycles. The van der Waals surface area contributed by atoms with Crippen molar-refractivity contribution in [3.8, 4) is 0 Å². The van der Waals surface area contributed by atoms with Crippen molar-refractivity contribution in [3.63, 3.8) is 0 Å². The Morgan fingerprint density at radius 3 is 2.83 bits per heavy atom. The van der Waals surface area contributed by atoms with Gasteiger partial charge in [0.2, 0.25) is 5.91 Å². The van der Waals surface area contributed by atoms with Crippen LogP contribution in [0.15, 0.2) is 0 Å². The maximum Gasteiger partial charge on any atom is 0.222 e. The molecule has 18 heavy (non-hydrogen) atoms. The van der Waals surface area contributed by atoms with E-state index in [1.807, 2.05) is 18.8 Å². The molecule has 0 bridgehead atoms. The van der Waals surface area contributed by atoms with E-state index in [9.17, 15) is 9.90 Å². The molecule has 1 N–H and O–H groups in total. The van der Waals surface area contributed by atoms with Gasteiger partial charge in [-0.15, -0.1) is 0 Å². The van der Waals surface area contributed by atoms with Crippen LogP contribution in [0, 0.1) is 0 Å². The highest BCUT2D eigenvalue weighted by Crippen LogP contribution is 2.11. The van der Waals surface area contributed by atoms with Crippen molar-refractivity contribution in [1.29, 1.82) is 0 Å². The van der Waals surface area contributed by atoms with Crippen LogP contribution in [0.5, 0.6) is 0 Å². The van der Waals surface area contributed by atoms with Crippen LogP contribution in [-0.2, 0) is 4.79 Å². The summed E-state index contributed by atoms with van der Waals surface area (Å²) in [5.74, 6) is 2.40. The van der Waals surface area contributed by atoms with Crippen LogP contribution in [0.2, 0.25) is 0 Å². The van der Waals surface area contributed by atoms with Crippen LogP contribution in [-0.4, -0.2) is 71.1 Å². The van der Waals surface area contributed by atoms with Gasteiger partial charge < -0.3 is 14.9 Å². The van der Waals surface area contributed by atoms with Gasteiger partial charge in [-0.05, 0) is 26.1 Å². The molecule has 0 aromatic carbocycles. The van der Waals surface area contributed by atoms with Gasteiger partial charge in [0.05, 0.1) is 6.10 Å². The van der Waals surface area contributed by atoms with Gasteiger partial charge in [0, 0.05) is 37.8 Å². The number of thioether (sulfide) groups is 1. The molecule has 1 fully saturated rings. The lowest BCUT2D eigenvalue weighted by molar-refractivity contribution is -0.129. The molecule has 5 heteroatoms. The first kappa shape index (κ1) is 15.8. The summed E-state index contributed by atoms with van der Waals surface area (Å²) in [5, 5.41) is 10.0. The third kappa shape index (κ3) is 5.16. The van der Waals surface area contributed by atoms with Gasteiger partial charge in [0.1, 0.15) is 0 Å². The van der Waals surface area contributed by atoms with E-state index in [0.717, 1.165) is 24.5 Å². The Morgan fingerprint density at radius 2 is 2.28 bits per heavy atom. The van der Waals surface area contributed by atoms with Crippen molar-refractivity contribution >= 4 is 17.7 Å². The van der Waals surface area contributed by atoms with E-state index in [-0.39, 0.29) is 5.91 Å². The van der Waals surface area contributed by atoms with Gasteiger partial charge in [-0.2, -0.15) is 11.8 Å². The SMILES string of the molecule is CCSCC(C)N(C)CC(O)CN1CCCC1=O. The molecule has 2 atom stereocenters. The summed E-state index contributed by atoms with van der Waals surface area (Å²) < 4.78 is 0. The molecular formula is C13H26N2O2S. The number of carbonyl (C=O) groups excluding carboxylic acids is 1. The maximum absolute atomic E-state index is 11.5. The van der Waals surface area contributed by atoms with E-state index < -0.39 is 6.10 Å². The highest BCUT2D eigenvalue weighted by molar-refractivity contribution is 7.99. The first-order valence-corrected chi connectivity index (χ1v) is 7.93. The normalized spacial score (nSPS) is 19.6. The summed E-state index contributed by atoms with van der Waals surface area (Å²) in [6.07, 6.45) is 1.14. The summed E-state index contributed by atoms with van der Waals surface area (Å²) in [5.41, 5.74) is 0. The zero-order chi connectivity index (χ0) is 13.5. The highest BCUT2D eigenvalue weighted by Gasteiger charge is 2.23.